The van der Waals surface area contributed by atoms with Crippen molar-refractivity contribution in [2.45, 2.75) is 65.4 Å². The van der Waals surface area contributed by atoms with E-state index in [2.05, 4.69) is 221 Å². The van der Waals surface area contributed by atoms with Crippen LogP contribution in [0.15, 0.2) is 174 Å². The second kappa shape index (κ2) is 14.6. The van der Waals surface area contributed by atoms with Crippen LogP contribution < -0.4 is 14.5 Å². The Morgan fingerprint density at radius 1 is 0.500 bits per heavy atom. The zero-order valence-electron chi connectivity index (χ0n) is 37.2. The van der Waals surface area contributed by atoms with Gasteiger partial charge >= 0.3 is 0 Å². The van der Waals surface area contributed by atoms with E-state index in [4.69, 9.17) is 9.15 Å². The molecule has 0 radical (unpaired) electrons. The minimum absolute atomic E-state index is 0.0256. The Balaban J connectivity index is 1.14. The molecule has 10 aromatic rings. The van der Waals surface area contributed by atoms with Crippen LogP contribution in [0.1, 0.15) is 73.3 Å². The summed E-state index contributed by atoms with van der Waals surface area (Å²) in [6.45, 7) is 13.5. The molecule has 0 bridgehead atoms. The molecular weight excluding hydrogens is 781 g/mol. The lowest BCUT2D eigenvalue weighted by Gasteiger charge is -2.31. The predicted molar refractivity (Wildman–Crippen MR) is 270 cm³/mol. The molecule has 0 fully saturated rings. The minimum Gasteiger partial charge on any atom is -0.483 e. The number of fused-ring (bicyclic) bond motifs is 6. The molecule has 2 heterocycles. The van der Waals surface area contributed by atoms with Crippen LogP contribution in [0.3, 0.4) is 0 Å². The lowest BCUT2D eigenvalue weighted by atomic mass is 9.90. The number of para-hydroxylation sites is 1. The Kier molecular flexibility index (Phi) is 8.78. The first kappa shape index (κ1) is 38.4. The molecule has 1 aliphatic carbocycles. The normalized spacial score (nSPS) is 15.6. The fourth-order valence-corrected chi connectivity index (χ4v) is 10.6. The number of benzene rings is 9. The highest BCUT2D eigenvalue weighted by molar-refractivity contribution is 6.28. The molecular formula is C60H50N2O2. The van der Waals surface area contributed by atoms with Gasteiger partial charge in [0.15, 0.2) is 5.58 Å². The molecule has 0 spiro atoms. The standard InChI is InChI=1S/C60H50N2O2/c1-35(2)41-13-11-15-43(33-41)61(57-37(5)21-27-47-45-17-7-9-19-53(45)63-59(47)57)51-31-25-39-24-30-50-52(32-26-40-23-29-49(51)55(39)56(40)50)62(44-16-12-14-42(34-44)36(3)4)58-38(6)22-28-48-46-18-8-10-20-54(46)64-60(48)58/h7-36,45,53H,1-6H3. The summed E-state index contributed by atoms with van der Waals surface area (Å²) < 4.78 is 13.8. The maximum Gasteiger partial charge on any atom is 0.159 e. The molecule has 4 heteroatoms. The summed E-state index contributed by atoms with van der Waals surface area (Å²) >= 11 is 0. The molecule has 312 valence electrons. The van der Waals surface area contributed by atoms with E-state index in [1.807, 2.05) is 0 Å². The van der Waals surface area contributed by atoms with Gasteiger partial charge in [0.1, 0.15) is 17.4 Å². The van der Waals surface area contributed by atoms with Crippen molar-refractivity contribution in [1.82, 2.24) is 0 Å². The number of hydrogen-bond donors (Lipinski definition) is 0. The molecule has 2 aliphatic rings. The number of aryl methyl sites for hydroxylation is 2. The predicted octanol–water partition coefficient (Wildman–Crippen LogP) is 17.3. The molecule has 4 nitrogen and oxygen atoms in total. The summed E-state index contributed by atoms with van der Waals surface area (Å²) in [4.78, 5) is 4.94. The highest BCUT2D eigenvalue weighted by Gasteiger charge is 2.37. The Labute approximate surface area is 374 Å². The number of ether oxygens (including phenoxy) is 1. The van der Waals surface area contributed by atoms with Crippen LogP contribution in [-0.4, -0.2) is 6.10 Å². The molecule has 9 aromatic carbocycles. The van der Waals surface area contributed by atoms with E-state index >= 15 is 0 Å². The van der Waals surface area contributed by atoms with Crippen molar-refractivity contribution in [3.63, 3.8) is 0 Å². The third-order valence-corrected chi connectivity index (χ3v) is 13.9. The topological polar surface area (TPSA) is 28.9 Å². The number of furan rings is 1. The van der Waals surface area contributed by atoms with Crippen molar-refractivity contribution in [2.24, 2.45) is 0 Å². The van der Waals surface area contributed by atoms with E-state index in [-0.39, 0.29) is 12.0 Å². The molecule has 1 aliphatic heterocycles. The monoisotopic (exact) mass is 830 g/mol. The van der Waals surface area contributed by atoms with Gasteiger partial charge in [0.25, 0.3) is 0 Å². The average molecular weight is 831 g/mol. The second-order valence-corrected chi connectivity index (χ2v) is 18.5. The van der Waals surface area contributed by atoms with Crippen LogP contribution in [0.4, 0.5) is 34.1 Å². The van der Waals surface area contributed by atoms with Crippen LogP contribution >= 0.6 is 0 Å². The van der Waals surface area contributed by atoms with Gasteiger partial charge in [-0.15, -0.1) is 0 Å². The zero-order valence-corrected chi connectivity index (χ0v) is 37.2. The molecule has 0 N–H and O–H groups in total. The van der Waals surface area contributed by atoms with Gasteiger partial charge in [-0.3, -0.25) is 0 Å². The van der Waals surface area contributed by atoms with Gasteiger partial charge in [-0.05, 0) is 118 Å². The lowest BCUT2D eigenvalue weighted by Crippen LogP contribution is -2.16. The van der Waals surface area contributed by atoms with Gasteiger partial charge in [-0.25, -0.2) is 0 Å². The fourth-order valence-electron chi connectivity index (χ4n) is 10.6. The van der Waals surface area contributed by atoms with Gasteiger partial charge < -0.3 is 19.0 Å². The summed E-state index contributed by atoms with van der Waals surface area (Å²) in [7, 11) is 0. The minimum atomic E-state index is -0.0256. The van der Waals surface area contributed by atoms with Gasteiger partial charge in [-0.2, -0.15) is 0 Å². The molecule has 1 aromatic heterocycles. The van der Waals surface area contributed by atoms with Crippen LogP contribution in [0.5, 0.6) is 5.75 Å². The first-order chi connectivity index (χ1) is 31.2. The quantitative estimate of drug-likeness (QED) is 0.143. The van der Waals surface area contributed by atoms with Crippen molar-refractivity contribution < 1.29 is 9.15 Å². The molecule has 12 rings (SSSR count). The smallest absolute Gasteiger partial charge is 0.159 e. The molecule has 2 atom stereocenters. The summed E-state index contributed by atoms with van der Waals surface area (Å²) in [5.41, 5.74) is 14.5. The molecule has 2 unspecified atom stereocenters. The van der Waals surface area contributed by atoms with E-state index < -0.39 is 0 Å². The summed E-state index contributed by atoms with van der Waals surface area (Å²) in [5.74, 6) is 1.88. The maximum atomic E-state index is 6.97. The lowest BCUT2D eigenvalue weighted by molar-refractivity contribution is 0.269. The maximum absolute atomic E-state index is 6.97. The van der Waals surface area contributed by atoms with Crippen molar-refractivity contribution in [2.75, 3.05) is 9.80 Å². The Hall–Kier alpha value is -7.30. The van der Waals surface area contributed by atoms with Crippen LogP contribution in [0, 0.1) is 13.8 Å². The fraction of sp³-hybridized carbons (Fsp3) is 0.167. The van der Waals surface area contributed by atoms with E-state index in [1.54, 1.807) is 0 Å². The third-order valence-electron chi connectivity index (χ3n) is 13.9. The molecule has 0 amide bonds. The Morgan fingerprint density at radius 3 is 1.72 bits per heavy atom. The number of rotatable bonds is 8. The Bertz CT molecular complexity index is 3550. The molecule has 0 saturated heterocycles. The highest BCUT2D eigenvalue weighted by atomic mass is 16.5. The van der Waals surface area contributed by atoms with Gasteiger partial charge in [0.2, 0.25) is 0 Å². The number of hydrogen-bond acceptors (Lipinski definition) is 4. The summed E-state index contributed by atoms with van der Waals surface area (Å²) in [6.07, 6.45) is 8.71. The number of nitrogens with zero attached hydrogens (tertiary/aromatic N) is 2. The highest BCUT2D eigenvalue weighted by Crippen LogP contribution is 2.54. The SMILES string of the molecule is Cc1ccc2c(c1N(c1cccc(C(C)C)c1)c1ccc3ccc4c(N(c5cccc(C(C)C)c5)c5c(C)ccc6c5oc5ccccc56)ccc5ccc1c3c54)OC1C=CC=CC21. The van der Waals surface area contributed by atoms with Crippen molar-refractivity contribution in [3.05, 3.63) is 198 Å². The second-order valence-electron chi connectivity index (χ2n) is 18.5. The third kappa shape index (κ3) is 5.81. The first-order valence-electron chi connectivity index (χ1n) is 22.8. The molecule has 0 saturated carbocycles. The molecule has 64 heavy (non-hydrogen) atoms. The van der Waals surface area contributed by atoms with Gasteiger partial charge in [0.05, 0.1) is 22.7 Å². The van der Waals surface area contributed by atoms with Crippen LogP contribution in [-0.2, 0) is 0 Å². The van der Waals surface area contributed by atoms with E-state index in [0.29, 0.717) is 11.8 Å². The van der Waals surface area contributed by atoms with Crippen molar-refractivity contribution in [1.29, 1.82) is 0 Å². The number of anilines is 6. The van der Waals surface area contributed by atoms with Gasteiger partial charge in [-0.1, -0.05) is 149 Å². The number of allylic oxidation sites excluding steroid dienone is 2. The Morgan fingerprint density at radius 2 is 1.06 bits per heavy atom. The van der Waals surface area contributed by atoms with E-state index in [1.165, 1.54) is 54.6 Å². The van der Waals surface area contributed by atoms with Crippen molar-refractivity contribution in [3.8, 4) is 5.75 Å². The van der Waals surface area contributed by atoms with Gasteiger partial charge in [0, 0.05) is 44.4 Å². The van der Waals surface area contributed by atoms with Crippen LogP contribution in [0.2, 0.25) is 0 Å². The average Bonchev–Trinajstić information content (AvgIpc) is 3.89. The van der Waals surface area contributed by atoms with Crippen LogP contribution in [0.25, 0.3) is 54.3 Å². The summed E-state index contributed by atoms with van der Waals surface area (Å²) in [6, 6.07) is 54.1. The van der Waals surface area contributed by atoms with E-state index in [9.17, 15) is 0 Å². The zero-order chi connectivity index (χ0) is 43.4. The van der Waals surface area contributed by atoms with Crippen molar-refractivity contribution >= 4 is 88.4 Å². The summed E-state index contributed by atoms with van der Waals surface area (Å²) in [5, 5.41) is 9.53. The first-order valence-corrected chi connectivity index (χ1v) is 22.8. The van der Waals surface area contributed by atoms with E-state index in [0.717, 1.165) is 67.4 Å². The largest absolute Gasteiger partial charge is 0.483 e.